The fraction of sp³-hybridized carbons (Fsp3) is 0.550. The van der Waals surface area contributed by atoms with Crippen molar-refractivity contribution in [3.63, 3.8) is 0 Å². The largest absolute Gasteiger partial charge is 0.508 e. The van der Waals surface area contributed by atoms with Gasteiger partial charge in [-0.05, 0) is 39.2 Å². The molecule has 0 spiro atoms. The standard InChI is InChI=1S/C20H29NO5S2/c1-20(2)26-19(16-11-8-9-12-17(16)22)15(14-27-20)10-6-4-5-7-13-18(23)21-28(3,24)25/h4,6,8-9,11-12,15,19,22H,5,7,10,13-14H2,1-3H3,(H,21,23)/t15-,19+/m0/s1. The lowest BCUT2D eigenvalue weighted by molar-refractivity contribution is -0.119. The molecule has 0 saturated carbocycles. The van der Waals surface area contributed by atoms with Crippen LogP contribution >= 0.6 is 11.8 Å². The first-order chi connectivity index (χ1) is 13.1. The molecule has 2 atom stereocenters. The van der Waals surface area contributed by atoms with Crippen molar-refractivity contribution in [2.45, 2.75) is 50.6 Å². The van der Waals surface area contributed by atoms with Gasteiger partial charge in [0.2, 0.25) is 15.9 Å². The number of para-hydroxylation sites is 1. The van der Waals surface area contributed by atoms with Crippen LogP contribution in [0.4, 0.5) is 0 Å². The third-order valence-electron chi connectivity index (χ3n) is 4.41. The molecular weight excluding hydrogens is 398 g/mol. The number of hydrogen-bond acceptors (Lipinski definition) is 6. The van der Waals surface area contributed by atoms with Crippen molar-refractivity contribution in [1.82, 2.24) is 4.72 Å². The predicted molar refractivity (Wildman–Crippen MR) is 113 cm³/mol. The van der Waals surface area contributed by atoms with Crippen LogP contribution in [-0.4, -0.2) is 36.4 Å². The third kappa shape index (κ3) is 7.48. The summed E-state index contributed by atoms with van der Waals surface area (Å²) in [6, 6.07) is 7.29. The van der Waals surface area contributed by atoms with E-state index in [1.807, 2.05) is 36.8 Å². The van der Waals surface area contributed by atoms with E-state index in [1.165, 1.54) is 0 Å². The highest BCUT2D eigenvalue weighted by molar-refractivity contribution is 8.00. The van der Waals surface area contributed by atoms with Gasteiger partial charge in [0.15, 0.2) is 0 Å². The second-order valence-corrected chi connectivity index (χ2v) is 10.8. The number of amides is 1. The van der Waals surface area contributed by atoms with Crippen LogP contribution in [0.2, 0.25) is 0 Å². The van der Waals surface area contributed by atoms with Gasteiger partial charge < -0.3 is 9.84 Å². The van der Waals surface area contributed by atoms with Crippen molar-refractivity contribution in [2.24, 2.45) is 5.92 Å². The highest BCUT2D eigenvalue weighted by Gasteiger charge is 2.37. The van der Waals surface area contributed by atoms with Crippen molar-refractivity contribution in [1.29, 1.82) is 0 Å². The minimum Gasteiger partial charge on any atom is -0.508 e. The molecule has 1 aromatic carbocycles. The molecule has 1 aliphatic heterocycles. The van der Waals surface area contributed by atoms with Crippen LogP contribution in [0.25, 0.3) is 0 Å². The number of hydrogen-bond donors (Lipinski definition) is 2. The van der Waals surface area contributed by atoms with E-state index >= 15 is 0 Å². The molecule has 1 saturated heterocycles. The van der Waals surface area contributed by atoms with Crippen LogP contribution in [0.1, 0.15) is 51.2 Å². The molecule has 8 heteroatoms. The Labute approximate surface area is 171 Å². The highest BCUT2D eigenvalue weighted by atomic mass is 32.2. The maximum Gasteiger partial charge on any atom is 0.233 e. The number of rotatable bonds is 8. The van der Waals surface area contributed by atoms with E-state index in [0.717, 1.165) is 24.0 Å². The van der Waals surface area contributed by atoms with Crippen LogP contribution in [0, 0.1) is 5.92 Å². The van der Waals surface area contributed by atoms with Crippen molar-refractivity contribution in [3.8, 4) is 5.75 Å². The summed E-state index contributed by atoms with van der Waals surface area (Å²) in [5, 5.41) is 10.2. The summed E-state index contributed by atoms with van der Waals surface area (Å²) >= 11 is 1.76. The molecule has 2 N–H and O–H groups in total. The first-order valence-corrected chi connectivity index (χ1v) is 12.2. The summed E-state index contributed by atoms with van der Waals surface area (Å²) in [4.78, 5) is 11.2. The van der Waals surface area contributed by atoms with E-state index in [0.29, 0.717) is 12.8 Å². The van der Waals surface area contributed by atoms with Crippen molar-refractivity contribution in [3.05, 3.63) is 42.0 Å². The Morgan fingerprint density at radius 2 is 2.07 bits per heavy atom. The quantitative estimate of drug-likeness (QED) is 0.485. The van der Waals surface area contributed by atoms with E-state index < -0.39 is 15.9 Å². The topological polar surface area (TPSA) is 92.7 Å². The van der Waals surface area contributed by atoms with E-state index in [9.17, 15) is 18.3 Å². The maximum absolute atomic E-state index is 11.5. The second-order valence-electron chi connectivity index (χ2n) is 7.46. The maximum atomic E-state index is 11.5. The Balaban J connectivity index is 1.88. The summed E-state index contributed by atoms with van der Waals surface area (Å²) in [7, 11) is -3.49. The third-order valence-corrected chi connectivity index (χ3v) is 6.39. The lowest BCUT2D eigenvalue weighted by Gasteiger charge is -2.41. The highest BCUT2D eigenvalue weighted by Crippen LogP contribution is 2.46. The fourth-order valence-corrected chi connectivity index (χ4v) is 4.71. The fourth-order valence-electron chi connectivity index (χ4n) is 3.10. The number of phenols is 1. The van der Waals surface area contributed by atoms with Crippen molar-refractivity contribution < 1.29 is 23.1 Å². The number of carbonyl (C=O) groups is 1. The Hall–Kier alpha value is -1.51. The Morgan fingerprint density at radius 3 is 2.75 bits per heavy atom. The summed E-state index contributed by atoms with van der Waals surface area (Å²) in [6.45, 7) is 4.08. The molecule has 1 aliphatic rings. The number of ether oxygens (including phenoxy) is 1. The van der Waals surface area contributed by atoms with E-state index in [-0.39, 0.29) is 29.1 Å². The Morgan fingerprint density at radius 1 is 1.36 bits per heavy atom. The average molecular weight is 428 g/mol. The van der Waals surface area contributed by atoms with Gasteiger partial charge in [0.1, 0.15) is 10.7 Å². The van der Waals surface area contributed by atoms with Gasteiger partial charge in [-0.25, -0.2) is 8.42 Å². The van der Waals surface area contributed by atoms with Gasteiger partial charge in [-0.1, -0.05) is 30.4 Å². The number of sulfonamides is 1. The summed E-state index contributed by atoms with van der Waals surface area (Å²) in [5.74, 6) is 0.930. The first-order valence-electron chi connectivity index (χ1n) is 9.33. The molecule has 1 heterocycles. The smallest absolute Gasteiger partial charge is 0.233 e. The van der Waals surface area contributed by atoms with Gasteiger partial charge in [0, 0.05) is 23.7 Å². The number of carbonyl (C=O) groups excluding carboxylic acids is 1. The molecule has 0 radical (unpaired) electrons. The molecule has 0 aliphatic carbocycles. The normalized spacial score (nSPS) is 22.2. The van der Waals surface area contributed by atoms with E-state index in [4.69, 9.17) is 4.74 Å². The summed E-state index contributed by atoms with van der Waals surface area (Å²) in [5.41, 5.74) is 0.812. The lowest BCUT2D eigenvalue weighted by atomic mass is 9.92. The monoisotopic (exact) mass is 427 g/mol. The lowest BCUT2D eigenvalue weighted by Crippen LogP contribution is -2.34. The molecule has 0 bridgehead atoms. The van der Waals surface area contributed by atoms with Gasteiger partial charge in [-0.15, -0.1) is 11.8 Å². The second kappa shape index (κ2) is 9.80. The van der Waals surface area contributed by atoms with E-state index in [1.54, 1.807) is 23.9 Å². The molecular formula is C20H29NO5S2. The van der Waals surface area contributed by atoms with Crippen LogP contribution < -0.4 is 4.72 Å². The molecule has 1 amide bonds. The molecule has 28 heavy (non-hydrogen) atoms. The number of phenolic OH excluding ortho intramolecular Hbond substituents is 1. The number of nitrogens with one attached hydrogen (secondary N) is 1. The number of aromatic hydroxyl groups is 1. The Bertz CT molecular complexity index is 805. The molecule has 156 valence electrons. The zero-order valence-electron chi connectivity index (χ0n) is 16.6. The molecule has 1 aromatic rings. The van der Waals surface area contributed by atoms with Gasteiger partial charge in [0.05, 0.1) is 12.4 Å². The minimum atomic E-state index is -3.49. The molecule has 2 rings (SSSR count). The zero-order chi connectivity index (χ0) is 20.8. The number of thioether (sulfide) groups is 1. The number of benzene rings is 1. The van der Waals surface area contributed by atoms with Gasteiger partial charge in [0.25, 0.3) is 0 Å². The van der Waals surface area contributed by atoms with Crippen LogP contribution in [0.5, 0.6) is 5.75 Å². The van der Waals surface area contributed by atoms with Crippen LogP contribution in [0.3, 0.4) is 0 Å². The SMILES string of the molecule is CC1(C)O[C@@H](c2ccccc2O)[C@@H](CC=CCCCC(=O)NS(C)(=O)=O)CS1. The molecule has 0 aromatic heterocycles. The van der Waals surface area contributed by atoms with Crippen molar-refractivity contribution in [2.75, 3.05) is 12.0 Å². The van der Waals surface area contributed by atoms with Gasteiger partial charge in [-0.3, -0.25) is 9.52 Å². The van der Waals surface area contributed by atoms with E-state index in [2.05, 4.69) is 6.08 Å². The average Bonchev–Trinajstić information content (AvgIpc) is 2.57. The summed E-state index contributed by atoms with van der Waals surface area (Å²) in [6.07, 6.45) is 7.15. The van der Waals surface area contributed by atoms with Crippen LogP contribution in [0.15, 0.2) is 36.4 Å². The van der Waals surface area contributed by atoms with Crippen molar-refractivity contribution >= 4 is 27.7 Å². The molecule has 1 fully saturated rings. The van der Waals surface area contributed by atoms with Gasteiger partial charge in [-0.2, -0.15) is 0 Å². The first kappa shape index (κ1) is 22.8. The number of allylic oxidation sites excluding steroid dienone is 2. The summed E-state index contributed by atoms with van der Waals surface area (Å²) < 4.78 is 30.2. The number of unbranched alkanes of at least 4 members (excludes halogenated alkanes) is 1. The molecule has 0 unspecified atom stereocenters. The zero-order valence-corrected chi connectivity index (χ0v) is 18.2. The Kier molecular flexibility index (Phi) is 7.97. The molecule has 6 nitrogen and oxygen atoms in total. The van der Waals surface area contributed by atoms with Crippen LogP contribution in [-0.2, 0) is 19.6 Å². The minimum absolute atomic E-state index is 0.175. The predicted octanol–water partition coefficient (Wildman–Crippen LogP) is 3.74. The van der Waals surface area contributed by atoms with Gasteiger partial charge >= 0.3 is 0 Å².